The number of nitrogens with one attached hydrogen (secondary N) is 1. The second-order valence-corrected chi connectivity index (χ2v) is 7.63. The Kier molecular flexibility index (Phi) is 6.27. The number of halogens is 1. The van der Waals surface area contributed by atoms with Crippen LogP contribution in [-0.4, -0.2) is 34.2 Å². The van der Waals surface area contributed by atoms with Crippen LogP contribution in [0.15, 0.2) is 48.5 Å². The summed E-state index contributed by atoms with van der Waals surface area (Å²) in [5.74, 6) is 0.192. The minimum absolute atomic E-state index is 0.00557. The molecule has 0 unspecified atom stereocenters. The van der Waals surface area contributed by atoms with Gasteiger partial charge in [-0.3, -0.25) is 9.10 Å². The van der Waals surface area contributed by atoms with Crippen molar-refractivity contribution in [3.05, 3.63) is 53.6 Å². The molecule has 8 heteroatoms. The Morgan fingerprint density at radius 1 is 1.20 bits per heavy atom. The molecule has 0 fully saturated rings. The van der Waals surface area contributed by atoms with Crippen molar-refractivity contribution in [3.8, 4) is 5.75 Å². The van der Waals surface area contributed by atoms with E-state index in [-0.39, 0.29) is 18.9 Å². The maximum atomic E-state index is 12.1. The molecule has 0 heterocycles. The number of carbonyl (C=O) groups is 1. The van der Waals surface area contributed by atoms with E-state index in [1.54, 1.807) is 48.5 Å². The van der Waals surface area contributed by atoms with E-state index < -0.39 is 10.0 Å². The average molecular weight is 383 g/mol. The van der Waals surface area contributed by atoms with Gasteiger partial charge in [0.2, 0.25) is 15.9 Å². The predicted octanol–water partition coefficient (Wildman–Crippen LogP) is 3.14. The number of sulfonamides is 1. The van der Waals surface area contributed by atoms with Gasteiger partial charge in [0.25, 0.3) is 0 Å². The standard InChI is InChI=1S/C17H19ClN2O4S/c1-24-16-9-8-13(12-15(16)18)19-17(21)10-11-20(25(2,22)23)14-6-4-3-5-7-14/h3-9,12H,10-11H2,1-2H3,(H,19,21). The lowest BCUT2D eigenvalue weighted by molar-refractivity contribution is -0.116. The van der Waals surface area contributed by atoms with E-state index >= 15 is 0 Å². The maximum Gasteiger partial charge on any atom is 0.232 e. The molecule has 0 saturated carbocycles. The number of hydrogen-bond donors (Lipinski definition) is 1. The summed E-state index contributed by atoms with van der Waals surface area (Å²) in [7, 11) is -1.98. The van der Waals surface area contributed by atoms with Gasteiger partial charge < -0.3 is 10.1 Å². The Hall–Kier alpha value is -2.25. The van der Waals surface area contributed by atoms with Crippen molar-refractivity contribution in [3.63, 3.8) is 0 Å². The molecule has 0 aliphatic heterocycles. The van der Waals surface area contributed by atoms with E-state index in [1.165, 1.54) is 11.4 Å². The quantitative estimate of drug-likeness (QED) is 0.798. The maximum absolute atomic E-state index is 12.1. The number of ether oxygens (including phenoxy) is 1. The third-order valence-electron chi connectivity index (χ3n) is 3.42. The molecule has 2 rings (SSSR count). The second-order valence-electron chi connectivity index (χ2n) is 5.32. The van der Waals surface area contributed by atoms with Crippen molar-refractivity contribution in [2.45, 2.75) is 6.42 Å². The summed E-state index contributed by atoms with van der Waals surface area (Å²) in [6, 6.07) is 13.5. The highest BCUT2D eigenvalue weighted by molar-refractivity contribution is 7.92. The van der Waals surface area contributed by atoms with Crippen LogP contribution >= 0.6 is 11.6 Å². The van der Waals surface area contributed by atoms with Crippen molar-refractivity contribution >= 4 is 38.9 Å². The molecule has 25 heavy (non-hydrogen) atoms. The van der Waals surface area contributed by atoms with Crippen LogP contribution in [-0.2, 0) is 14.8 Å². The van der Waals surface area contributed by atoms with Crippen LogP contribution in [0.5, 0.6) is 5.75 Å². The van der Waals surface area contributed by atoms with Crippen molar-refractivity contribution in [2.24, 2.45) is 0 Å². The van der Waals surface area contributed by atoms with E-state index in [9.17, 15) is 13.2 Å². The number of para-hydroxylation sites is 1. The van der Waals surface area contributed by atoms with Gasteiger partial charge in [-0.15, -0.1) is 0 Å². The van der Waals surface area contributed by atoms with Crippen LogP contribution in [0.4, 0.5) is 11.4 Å². The minimum Gasteiger partial charge on any atom is -0.495 e. The van der Waals surface area contributed by atoms with Crippen LogP contribution in [0.2, 0.25) is 5.02 Å². The van der Waals surface area contributed by atoms with Gasteiger partial charge in [0.05, 0.1) is 24.1 Å². The van der Waals surface area contributed by atoms with E-state index in [0.717, 1.165) is 6.26 Å². The van der Waals surface area contributed by atoms with Gasteiger partial charge in [0.1, 0.15) is 5.75 Å². The molecule has 6 nitrogen and oxygen atoms in total. The zero-order chi connectivity index (χ0) is 18.4. The highest BCUT2D eigenvalue weighted by Gasteiger charge is 2.18. The van der Waals surface area contributed by atoms with Crippen molar-refractivity contribution in [1.82, 2.24) is 0 Å². The molecule has 0 aliphatic carbocycles. The Morgan fingerprint density at radius 3 is 2.44 bits per heavy atom. The van der Waals surface area contributed by atoms with Gasteiger partial charge >= 0.3 is 0 Å². The van der Waals surface area contributed by atoms with Gasteiger partial charge in [-0.1, -0.05) is 29.8 Å². The highest BCUT2D eigenvalue weighted by Crippen LogP contribution is 2.27. The number of amides is 1. The summed E-state index contributed by atoms with van der Waals surface area (Å²) in [6.45, 7) is 0.0402. The minimum atomic E-state index is -3.49. The zero-order valence-corrected chi connectivity index (χ0v) is 15.5. The number of carbonyl (C=O) groups excluding carboxylic acids is 1. The van der Waals surface area contributed by atoms with E-state index in [1.807, 2.05) is 0 Å². The van der Waals surface area contributed by atoms with Crippen LogP contribution < -0.4 is 14.4 Å². The number of rotatable bonds is 7. The molecule has 2 aromatic carbocycles. The van der Waals surface area contributed by atoms with Crippen LogP contribution in [0.3, 0.4) is 0 Å². The van der Waals surface area contributed by atoms with E-state index in [2.05, 4.69) is 5.32 Å². The summed E-state index contributed by atoms with van der Waals surface area (Å²) in [5.41, 5.74) is 1.03. The number of nitrogens with zero attached hydrogens (tertiary/aromatic N) is 1. The van der Waals surface area contributed by atoms with Crippen molar-refractivity contribution in [2.75, 3.05) is 29.5 Å². The molecule has 0 spiro atoms. The number of benzene rings is 2. The second kappa shape index (κ2) is 8.22. The number of methoxy groups -OCH3 is 1. The molecular formula is C17H19ClN2O4S. The molecule has 0 atom stereocenters. The first-order valence-electron chi connectivity index (χ1n) is 7.47. The smallest absolute Gasteiger partial charge is 0.232 e. The van der Waals surface area contributed by atoms with Gasteiger partial charge in [-0.05, 0) is 30.3 Å². The van der Waals surface area contributed by atoms with E-state index in [0.29, 0.717) is 22.1 Å². The lowest BCUT2D eigenvalue weighted by Gasteiger charge is -2.22. The van der Waals surface area contributed by atoms with Gasteiger partial charge in [-0.2, -0.15) is 0 Å². The molecule has 0 bridgehead atoms. The Labute approximate surface area is 152 Å². The van der Waals surface area contributed by atoms with Crippen molar-refractivity contribution in [1.29, 1.82) is 0 Å². The Morgan fingerprint density at radius 2 is 1.88 bits per heavy atom. The van der Waals surface area contributed by atoms with Crippen molar-refractivity contribution < 1.29 is 17.9 Å². The summed E-state index contributed by atoms with van der Waals surface area (Å²) in [5, 5.41) is 3.07. The molecule has 0 radical (unpaired) electrons. The first-order valence-corrected chi connectivity index (χ1v) is 9.70. The normalized spacial score (nSPS) is 11.0. The Bertz CT molecular complexity index is 841. The average Bonchev–Trinajstić information content (AvgIpc) is 2.55. The SMILES string of the molecule is COc1ccc(NC(=O)CCN(c2ccccc2)S(C)(=O)=O)cc1Cl. The highest BCUT2D eigenvalue weighted by atomic mass is 35.5. The number of hydrogen-bond acceptors (Lipinski definition) is 4. The molecule has 1 N–H and O–H groups in total. The monoisotopic (exact) mass is 382 g/mol. The summed E-state index contributed by atoms with van der Waals surface area (Å²) < 4.78 is 30.2. The summed E-state index contributed by atoms with van der Waals surface area (Å²) in [4.78, 5) is 12.1. The van der Waals surface area contributed by atoms with Gasteiger partial charge in [-0.25, -0.2) is 8.42 Å². The molecule has 0 aliphatic rings. The first kappa shape index (κ1) is 19.1. The predicted molar refractivity (Wildman–Crippen MR) is 99.9 cm³/mol. The lowest BCUT2D eigenvalue weighted by Crippen LogP contribution is -2.33. The van der Waals surface area contributed by atoms with Crippen LogP contribution in [0, 0.1) is 0 Å². The largest absolute Gasteiger partial charge is 0.495 e. The fourth-order valence-electron chi connectivity index (χ4n) is 2.25. The molecule has 0 aromatic heterocycles. The van der Waals surface area contributed by atoms with Crippen LogP contribution in [0.25, 0.3) is 0 Å². The fourth-order valence-corrected chi connectivity index (χ4v) is 3.44. The summed E-state index contributed by atoms with van der Waals surface area (Å²) >= 11 is 6.02. The first-order chi connectivity index (χ1) is 11.8. The van der Waals surface area contributed by atoms with E-state index in [4.69, 9.17) is 16.3 Å². The van der Waals surface area contributed by atoms with Crippen LogP contribution in [0.1, 0.15) is 6.42 Å². The zero-order valence-electron chi connectivity index (χ0n) is 13.9. The third kappa shape index (κ3) is 5.37. The molecule has 134 valence electrons. The molecule has 2 aromatic rings. The lowest BCUT2D eigenvalue weighted by atomic mass is 10.2. The van der Waals surface area contributed by atoms with Gasteiger partial charge in [0.15, 0.2) is 0 Å². The molecule has 1 amide bonds. The number of anilines is 2. The summed E-state index contributed by atoms with van der Waals surface area (Å²) in [6.07, 6.45) is 1.12. The molecular weight excluding hydrogens is 364 g/mol. The Balaban J connectivity index is 2.03. The fraction of sp³-hybridized carbons (Fsp3) is 0.235. The topological polar surface area (TPSA) is 75.7 Å². The van der Waals surface area contributed by atoms with Gasteiger partial charge in [0, 0.05) is 18.7 Å². The third-order valence-corrected chi connectivity index (χ3v) is 4.91. The molecule has 0 saturated heterocycles.